The highest BCUT2D eigenvalue weighted by atomic mass is 32.1. The zero-order valence-corrected chi connectivity index (χ0v) is 12.6. The van der Waals surface area contributed by atoms with Crippen molar-refractivity contribution in [1.29, 1.82) is 0 Å². The Balaban J connectivity index is 2.17. The Labute approximate surface area is 118 Å². The fourth-order valence-electron chi connectivity index (χ4n) is 1.85. The molecule has 0 spiro atoms. The van der Waals surface area contributed by atoms with Crippen LogP contribution in [0.1, 0.15) is 45.4 Å². The zero-order valence-electron chi connectivity index (χ0n) is 11.8. The van der Waals surface area contributed by atoms with Gasteiger partial charge in [0.25, 0.3) is 5.91 Å². The van der Waals surface area contributed by atoms with E-state index in [0.717, 1.165) is 10.6 Å². The van der Waals surface area contributed by atoms with Crippen molar-refractivity contribution < 1.29 is 4.79 Å². The highest BCUT2D eigenvalue weighted by Crippen LogP contribution is 2.23. The molecule has 1 aromatic heterocycles. The number of hydrogen-bond donors (Lipinski definition) is 1. The quantitative estimate of drug-likeness (QED) is 0.859. The van der Waals surface area contributed by atoms with Crippen LogP contribution in [0.4, 0.5) is 5.69 Å². The van der Waals surface area contributed by atoms with E-state index in [1.54, 1.807) is 11.3 Å². The van der Waals surface area contributed by atoms with Gasteiger partial charge in [-0.2, -0.15) is 0 Å². The first-order valence-corrected chi connectivity index (χ1v) is 7.27. The Bertz CT molecular complexity index is 579. The largest absolute Gasteiger partial charge is 0.321 e. The number of carbonyl (C=O) groups excluding carboxylic acids is 1. The van der Waals surface area contributed by atoms with Crippen LogP contribution in [-0.4, -0.2) is 5.91 Å². The maximum Gasteiger partial charge on any atom is 0.265 e. The molecule has 2 aromatic rings. The molecule has 0 radical (unpaired) electrons. The highest BCUT2D eigenvalue weighted by Gasteiger charge is 2.11. The van der Waals surface area contributed by atoms with Gasteiger partial charge >= 0.3 is 0 Å². The second kappa shape index (κ2) is 5.57. The van der Waals surface area contributed by atoms with E-state index in [4.69, 9.17) is 0 Å². The zero-order chi connectivity index (χ0) is 14.0. The number of nitrogens with one attached hydrogen (secondary N) is 1. The molecule has 0 aliphatic heterocycles. The van der Waals surface area contributed by atoms with E-state index in [1.165, 1.54) is 16.0 Å². The predicted molar refractivity (Wildman–Crippen MR) is 82.3 cm³/mol. The minimum Gasteiger partial charge on any atom is -0.321 e. The van der Waals surface area contributed by atoms with E-state index in [0.29, 0.717) is 5.92 Å². The number of hydrogen-bond acceptors (Lipinski definition) is 2. The Morgan fingerprint density at radius 2 is 1.95 bits per heavy atom. The van der Waals surface area contributed by atoms with Crippen LogP contribution in [0.25, 0.3) is 0 Å². The van der Waals surface area contributed by atoms with Crippen LogP contribution in [0.5, 0.6) is 0 Å². The van der Waals surface area contributed by atoms with E-state index in [9.17, 15) is 4.79 Å². The first kappa shape index (κ1) is 13.8. The molecule has 0 aliphatic carbocycles. The molecule has 1 N–H and O–H groups in total. The van der Waals surface area contributed by atoms with E-state index in [1.807, 2.05) is 38.1 Å². The lowest BCUT2D eigenvalue weighted by Gasteiger charge is -2.08. The van der Waals surface area contributed by atoms with Gasteiger partial charge in [0.1, 0.15) is 0 Å². The molecule has 0 saturated heterocycles. The van der Waals surface area contributed by atoms with Crippen molar-refractivity contribution in [2.24, 2.45) is 0 Å². The molecule has 0 atom stereocenters. The summed E-state index contributed by atoms with van der Waals surface area (Å²) in [6.07, 6.45) is 0. The lowest BCUT2D eigenvalue weighted by atomic mass is 10.0. The summed E-state index contributed by atoms with van der Waals surface area (Å²) in [7, 11) is 0. The van der Waals surface area contributed by atoms with Gasteiger partial charge in [0.15, 0.2) is 0 Å². The SMILES string of the molecule is Cc1cc(C(=O)Nc2cccc(C(C)C)c2)sc1C. The summed E-state index contributed by atoms with van der Waals surface area (Å²) in [5.74, 6) is 0.435. The molecule has 2 nitrogen and oxygen atoms in total. The van der Waals surface area contributed by atoms with Gasteiger partial charge in [-0.05, 0) is 49.1 Å². The molecule has 0 saturated carbocycles. The molecule has 1 aromatic carbocycles. The number of anilines is 1. The lowest BCUT2D eigenvalue weighted by molar-refractivity contribution is 0.103. The van der Waals surface area contributed by atoms with Crippen molar-refractivity contribution in [3.8, 4) is 0 Å². The van der Waals surface area contributed by atoms with Crippen LogP contribution < -0.4 is 5.32 Å². The summed E-state index contributed by atoms with van der Waals surface area (Å²) in [5, 5.41) is 2.97. The minimum atomic E-state index is -0.0258. The summed E-state index contributed by atoms with van der Waals surface area (Å²) in [5.41, 5.74) is 3.27. The molecule has 0 aliphatic rings. The van der Waals surface area contributed by atoms with Gasteiger partial charge in [-0.15, -0.1) is 11.3 Å². The summed E-state index contributed by atoms with van der Waals surface area (Å²) < 4.78 is 0. The van der Waals surface area contributed by atoms with Crippen LogP contribution >= 0.6 is 11.3 Å². The number of rotatable bonds is 3. The number of benzene rings is 1. The van der Waals surface area contributed by atoms with Crippen LogP contribution in [0, 0.1) is 13.8 Å². The van der Waals surface area contributed by atoms with Crippen LogP contribution in [0.3, 0.4) is 0 Å². The standard InChI is InChI=1S/C16H19NOS/c1-10(2)13-6-5-7-14(9-13)17-16(18)15-8-11(3)12(4)19-15/h5-10H,1-4H3,(H,17,18). The maximum absolute atomic E-state index is 12.2. The van der Waals surface area contributed by atoms with Crippen LogP contribution in [0.15, 0.2) is 30.3 Å². The van der Waals surface area contributed by atoms with Crippen molar-refractivity contribution in [2.75, 3.05) is 5.32 Å². The normalized spacial score (nSPS) is 10.8. The second-order valence-electron chi connectivity index (χ2n) is 5.08. The maximum atomic E-state index is 12.2. The fourth-order valence-corrected chi connectivity index (χ4v) is 2.78. The van der Waals surface area contributed by atoms with Gasteiger partial charge in [-0.3, -0.25) is 4.79 Å². The van der Waals surface area contributed by atoms with Gasteiger partial charge in [-0.1, -0.05) is 26.0 Å². The van der Waals surface area contributed by atoms with Gasteiger partial charge in [0, 0.05) is 10.6 Å². The molecule has 0 bridgehead atoms. The Morgan fingerprint density at radius 1 is 1.21 bits per heavy atom. The van der Waals surface area contributed by atoms with E-state index in [-0.39, 0.29) is 5.91 Å². The Hall–Kier alpha value is -1.61. The van der Waals surface area contributed by atoms with Crippen molar-refractivity contribution in [3.05, 3.63) is 51.2 Å². The first-order chi connectivity index (χ1) is 8.97. The molecular formula is C16H19NOS. The van der Waals surface area contributed by atoms with Gasteiger partial charge in [-0.25, -0.2) is 0 Å². The average Bonchev–Trinajstić information content (AvgIpc) is 2.70. The number of amides is 1. The summed E-state index contributed by atoms with van der Waals surface area (Å²) in [6, 6.07) is 9.98. The third-order valence-corrected chi connectivity index (χ3v) is 4.35. The molecule has 2 rings (SSSR count). The number of aryl methyl sites for hydroxylation is 2. The molecule has 0 fully saturated rings. The summed E-state index contributed by atoms with van der Waals surface area (Å²) >= 11 is 1.54. The smallest absolute Gasteiger partial charge is 0.265 e. The Morgan fingerprint density at radius 3 is 2.53 bits per heavy atom. The average molecular weight is 273 g/mol. The molecule has 3 heteroatoms. The second-order valence-corrected chi connectivity index (χ2v) is 6.34. The summed E-state index contributed by atoms with van der Waals surface area (Å²) in [6.45, 7) is 8.36. The van der Waals surface area contributed by atoms with E-state index < -0.39 is 0 Å². The first-order valence-electron chi connectivity index (χ1n) is 6.45. The van der Waals surface area contributed by atoms with Gasteiger partial charge in [0.05, 0.1) is 4.88 Å². The molecule has 19 heavy (non-hydrogen) atoms. The van der Waals surface area contributed by atoms with Crippen LogP contribution in [0.2, 0.25) is 0 Å². The lowest BCUT2D eigenvalue weighted by Crippen LogP contribution is -2.10. The summed E-state index contributed by atoms with van der Waals surface area (Å²) in [4.78, 5) is 14.1. The molecular weight excluding hydrogens is 254 g/mol. The topological polar surface area (TPSA) is 29.1 Å². The van der Waals surface area contributed by atoms with E-state index in [2.05, 4.69) is 25.2 Å². The van der Waals surface area contributed by atoms with Crippen molar-refractivity contribution in [2.45, 2.75) is 33.6 Å². The minimum absolute atomic E-state index is 0.0258. The third kappa shape index (κ3) is 3.24. The number of carbonyl (C=O) groups is 1. The van der Waals surface area contributed by atoms with Crippen LogP contribution in [-0.2, 0) is 0 Å². The predicted octanol–water partition coefficient (Wildman–Crippen LogP) is 4.74. The third-order valence-electron chi connectivity index (χ3n) is 3.20. The van der Waals surface area contributed by atoms with Gasteiger partial charge < -0.3 is 5.32 Å². The Kier molecular flexibility index (Phi) is 4.05. The molecule has 1 amide bonds. The van der Waals surface area contributed by atoms with Crippen molar-refractivity contribution in [1.82, 2.24) is 0 Å². The van der Waals surface area contributed by atoms with E-state index >= 15 is 0 Å². The molecule has 0 unspecified atom stereocenters. The van der Waals surface area contributed by atoms with Crippen molar-refractivity contribution >= 4 is 22.9 Å². The van der Waals surface area contributed by atoms with Gasteiger partial charge in [0.2, 0.25) is 0 Å². The molecule has 100 valence electrons. The molecule has 1 heterocycles. The fraction of sp³-hybridized carbons (Fsp3) is 0.312. The van der Waals surface area contributed by atoms with Crippen molar-refractivity contribution in [3.63, 3.8) is 0 Å². The number of thiophene rings is 1. The monoisotopic (exact) mass is 273 g/mol. The highest BCUT2D eigenvalue weighted by molar-refractivity contribution is 7.14.